The maximum absolute atomic E-state index is 5.89. The molecule has 0 fully saturated rings. The minimum atomic E-state index is 0.108. The zero-order valence-electron chi connectivity index (χ0n) is 11.3. The van der Waals surface area contributed by atoms with Gasteiger partial charge in [0.1, 0.15) is 0 Å². The summed E-state index contributed by atoms with van der Waals surface area (Å²) in [5.41, 5.74) is 11.3. The highest BCUT2D eigenvalue weighted by Crippen LogP contribution is 2.25. The van der Waals surface area contributed by atoms with Crippen LogP contribution in [0.2, 0.25) is 0 Å². The Bertz CT molecular complexity index is 558. The summed E-state index contributed by atoms with van der Waals surface area (Å²) < 4.78 is 0. The quantitative estimate of drug-likeness (QED) is 0.889. The Morgan fingerprint density at radius 2 is 1.68 bits per heavy atom. The summed E-state index contributed by atoms with van der Waals surface area (Å²) in [6.07, 6.45) is 1.13. The van der Waals surface area contributed by atoms with E-state index in [1.165, 1.54) is 22.4 Å². The number of anilines is 1. The van der Waals surface area contributed by atoms with Gasteiger partial charge >= 0.3 is 0 Å². The molecular formula is C17H20N2. The molecule has 1 unspecified atom stereocenters. The van der Waals surface area contributed by atoms with Crippen molar-refractivity contribution in [1.29, 1.82) is 0 Å². The van der Waals surface area contributed by atoms with Crippen molar-refractivity contribution in [3.8, 4) is 0 Å². The molecule has 2 N–H and O–H groups in total. The van der Waals surface area contributed by atoms with Crippen LogP contribution in [0.3, 0.4) is 0 Å². The highest BCUT2D eigenvalue weighted by atomic mass is 15.1. The van der Waals surface area contributed by atoms with Gasteiger partial charge < -0.3 is 10.6 Å². The van der Waals surface area contributed by atoms with Gasteiger partial charge in [-0.25, -0.2) is 0 Å². The molecule has 0 saturated carbocycles. The Hall–Kier alpha value is -1.80. The molecule has 0 amide bonds. The fraction of sp³-hybridized carbons (Fsp3) is 0.294. The first-order chi connectivity index (χ1) is 9.24. The van der Waals surface area contributed by atoms with E-state index in [-0.39, 0.29) is 6.04 Å². The molecule has 0 spiro atoms. The minimum Gasteiger partial charge on any atom is -0.367 e. The van der Waals surface area contributed by atoms with Crippen LogP contribution in [0.25, 0.3) is 0 Å². The molecule has 0 saturated heterocycles. The lowest BCUT2D eigenvalue weighted by atomic mass is 9.99. The second-order valence-electron chi connectivity index (χ2n) is 5.32. The SMILES string of the molecule is CC(N)c1ccc(N2CCc3ccccc3C2)cc1. The summed E-state index contributed by atoms with van der Waals surface area (Å²) in [6.45, 7) is 4.12. The van der Waals surface area contributed by atoms with Crippen LogP contribution >= 0.6 is 0 Å². The summed E-state index contributed by atoms with van der Waals surface area (Å²) in [4.78, 5) is 2.44. The van der Waals surface area contributed by atoms with Crippen LogP contribution in [-0.2, 0) is 13.0 Å². The molecule has 2 aromatic rings. The predicted octanol–water partition coefficient (Wildman–Crippen LogP) is 3.27. The molecule has 1 aliphatic heterocycles. The number of benzene rings is 2. The lowest BCUT2D eigenvalue weighted by molar-refractivity contribution is 0.730. The van der Waals surface area contributed by atoms with Gasteiger partial charge in [0.2, 0.25) is 0 Å². The van der Waals surface area contributed by atoms with Crippen LogP contribution in [-0.4, -0.2) is 6.54 Å². The van der Waals surface area contributed by atoms with E-state index in [0.717, 1.165) is 19.5 Å². The summed E-state index contributed by atoms with van der Waals surface area (Å²) >= 11 is 0. The Kier molecular flexibility index (Phi) is 3.26. The van der Waals surface area contributed by atoms with Crippen molar-refractivity contribution >= 4 is 5.69 Å². The lowest BCUT2D eigenvalue weighted by Crippen LogP contribution is -2.30. The van der Waals surface area contributed by atoms with Gasteiger partial charge in [-0.2, -0.15) is 0 Å². The van der Waals surface area contributed by atoms with E-state index in [1.54, 1.807) is 0 Å². The number of fused-ring (bicyclic) bond motifs is 1. The van der Waals surface area contributed by atoms with Gasteiger partial charge in [-0.1, -0.05) is 36.4 Å². The first-order valence-corrected chi connectivity index (χ1v) is 6.91. The molecule has 0 radical (unpaired) electrons. The summed E-state index contributed by atoms with van der Waals surface area (Å²) in [7, 11) is 0. The van der Waals surface area contributed by atoms with Crippen LogP contribution in [0.4, 0.5) is 5.69 Å². The summed E-state index contributed by atoms with van der Waals surface area (Å²) in [6, 6.07) is 17.5. The van der Waals surface area contributed by atoms with Crippen LogP contribution in [0.15, 0.2) is 48.5 Å². The number of rotatable bonds is 2. The fourth-order valence-corrected chi connectivity index (χ4v) is 2.70. The predicted molar refractivity (Wildman–Crippen MR) is 80.2 cm³/mol. The lowest BCUT2D eigenvalue weighted by Gasteiger charge is -2.31. The van der Waals surface area contributed by atoms with Gasteiger partial charge in [0.15, 0.2) is 0 Å². The molecule has 2 nitrogen and oxygen atoms in total. The zero-order valence-corrected chi connectivity index (χ0v) is 11.3. The highest BCUT2D eigenvalue weighted by molar-refractivity contribution is 5.50. The van der Waals surface area contributed by atoms with Crippen molar-refractivity contribution in [2.45, 2.75) is 25.9 Å². The third-order valence-corrected chi connectivity index (χ3v) is 3.91. The van der Waals surface area contributed by atoms with E-state index < -0.39 is 0 Å². The monoisotopic (exact) mass is 252 g/mol. The molecule has 0 bridgehead atoms. The van der Waals surface area contributed by atoms with Crippen molar-refractivity contribution < 1.29 is 0 Å². The normalized spacial score (nSPS) is 16.0. The van der Waals surface area contributed by atoms with Crippen LogP contribution in [0, 0.1) is 0 Å². The Labute approximate surface area is 114 Å². The smallest absolute Gasteiger partial charge is 0.0432 e. The van der Waals surface area contributed by atoms with E-state index in [2.05, 4.69) is 53.4 Å². The second kappa shape index (κ2) is 5.06. The topological polar surface area (TPSA) is 29.3 Å². The van der Waals surface area contributed by atoms with Crippen molar-refractivity contribution in [3.63, 3.8) is 0 Å². The van der Waals surface area contributed by atoms with E-state index >= 15 is 0 Å². The number of hydrogen-bond acceptors (Lipinski definition) is 2. The Morgan fingerprint density at radius 3 is 2.37 bits per heavy atom. The van der Waals surface area contributed by atoms with Crippen molar-refractivity contribution in [1.82, 2.24) is 0 Å². The van der Waals surface area contributed by atoms with Crippen LogP contribution in [0.1, 0.15) is 29.7 Å². The number of nitrogens with zero attached hydrogens (tertiary/aromatic N) is 1. The van der Waals surface area contributed by atoms with Gasteiger partial charge in [0.25, 0.3) is 0 Å². The summed E-state index contributed by atoms with van der Waals surface area (Å²) in [5, 5.41) is 0. The molecule has 0 aromatic heterocycles. The molecule has 2 heteroatoms. The molecule has 1 aliphatic rings. The molecule has 98 valence electrons. The van der Waals surface area contributed by atoms with Gasteiger partial charge in [-0.3, -0.25) is 0 Å². The van der Waals surface area contributed by atoms with E-state index in [9.17, 15) is 0 Å². The standard InChI is InChI=1S/C17H20N2/c1-13(18)14-6-8-17(9-7-14)19-11-10-15-4-2-3-5-16(15)12-19/h2-9,13H,10-12,18H2,1H3. The molecule has 1 atom stereocenters. The summed E-state index contributed by atoms with van der Waals surface area (Å²) in [5.74, 6) is 0. The average Bonchev–Trinajstić information content (AvgIpc) is 2.47. The largest absolute Gasteiger partial charge is 0.367 e. The van der Waals surface area contributed by atoms with Crippen molar-refractivity contribution in [3.05, 3.63) is 65.2 Å². The molecular weight excluding hydrogens is 232 g/mol. The van der Waals surface area contributed by atoms with Gasteiger partial charge in [0.05, 0.1) is 0 Å². The molecule has 1 heterocycles. The second-order valence-corrected chi connectivity index (χ2v) is 5.32. The highest BCUT2D eigenvalue weighted by Gasteiger charge is 2.15. The first kappa shape index (κ1) is 12.2. The fourth-order valence-electron chi connectivity index (χ4n) is 2.70. The molecule has 0 aliphatic carbocycles. The Morgan fingerprint density at radius 1 is 1.00 bits per heavy atom. The third-order valence-electron chi connectivity index (χ3n) is 3.91. The number of nitrogens with two attached hydrogens (primary N) is 1. The van der Waals surface area contributed by atoms with Gasteiger partial charge in [0, 0.05) is 24.8 Å². The minimum absolute atomic E-state index is 0.108. The zero-order chi connectivity index (χ0) is 13.2. The van der Waals surface area contributed by atoms with E-state index in [1.807, 2.05) is 6.92 Å². The van der Waals surface area contributed by atoms with Gasteiger partial charge in [-0.15, -0.1) is 0 Å². The average molecular weight is 252 g/mol. The third kappa shape index (κ3) is 2.49. The first-order valence-electron chi connectivity index (χ1n) is 6.91. The molecule has 3 rings (SSSR count). The van der Waals surface area contributed by atoms with Gasteiger partial charge in [-0.05, 0) is 42.2 Å². The molecule has 19 heavy (non-hydrogen) atoms. The maximum Gasteiger partial charge on any atom is 0.0432 e. The van der Waals surface area contributed by atoms with E-state index in [0.29, 0.717) is 0 Å². The van der Waals surface area contributed by atoms with Crippen molar-refractivity contribution in [2.75, 3.05) is 11.4 Å². The van der Waals surface area contributed by atoms with E-state index in [4.69, 9.17) is 5.73 Å². The van der Waals surface area contributed by atoms with Crippen molar-refractivity contribution in [2.24, 2.45) is 5.73 Å². The Balaban J connectivity index is 1.81. The number of hydrogen-bond donors (Lipinski definition) is 1. The van der Waals surface area contributed by atoms with Crippen LogP contribution in [0.5, 0.6) is 0 Å². The molecule has 2 aromatic carbocycles. The van der Waals surface area contributed by atoms with Crippen LogP contribution < -0.4 is 10.6 Å². The maximum atomic E-state index is 5.89.